The molecule has 42 heavy (non-hydrogen) atoms. The van der Waals surface area contributed by atoms with Gasteiger partial charge in [0, 0.05) is 22.6 Å². The Hall–Kier alpha value is -3.36. The zero-order valence-corrected chi connectivity index (χ0v) is 21.5. The molecule has 0 unspecified atom stereocenters. The second-order valence-electron chi connectivity index (χ2n) is 10.1. The minimum absolute atomic E-state index is 0.151. The molecule has 3 saturated heterocycles. The zero-order valence-electron chi connectivity index (χ0n) is 21.5. The smallest absolute Gasteiger partial charge is 0.429 e. The van der Waals surface area contributed by atoms with E-state index in [9.17, 15) is 43.9 Å². The van der Waals surface area contributed by atoms with Crippen LogP contribution < -0.4 is 4.74 Å². The molecule has 0 aromatic heterocycles. The molecule has 6 rings (SSSR count). The Kier molecular flexibility index (Phi) is 7.47. The summed E-state index contributed by atoms with van der Waals surface area (Å²) in [6, 6.07) is 3.16. The summed E-state index contributed by atoms with van der Waals surface area (Å²) in [5, 5.41) is 0. The van der Waals surface area contributed by atoms with E-state index in [4.69, 9.17) is 14.2 Å². The molecule has 3 aromatic rings. The first-order valence-corrected chi connectivity index (χ1v) is 12.4. The highest BCUT2D eigenvalue weighted by Gasteiger charge is 2.54. The van der Waals surface area contributed by atoms with Crippen LogP contribution in [-0.4, -0.2) is 19.8 Å². The third-order valence-electron chi connectivity index (χ3n) is 7.00. The van der Waals surface area contributed by atoms with Gasteiger partial charge >= 0.3 is 18.3 Å². The second kappa shape index (κ2) is 10.4. The maximum Gasteiger partial charge on any atom is 0.432 e. The number of halogens is 10. The van der Waals surface area contributed by atoms with Crippen LogP contribution >= 0.6 is 0 Å². The lowest BCUT2D eigenvalue weighted by Gasteiger charge is -2.51. The van der Waals surface area contributed by atoms with Crippen molar-refractivity contribution in [2.75, 3.05) is 19.8 Å². The molecule has 14 heteroatoms. The first-order chi connectivity index (χ1) is 19.6. The van der Waals surface area contributed by atoms with Crippen LogP contribution in [0.2, 0.25) is 0 Å². The molecule has 0 saturated carbocycles. The molecule has 0 radical (unpaired) electrons. The van der Waals surface area contributed by atoms with Crippen LogP contribution in [0.3, 0.4) is 0 Å². The van der Waals surface area contributed by atoms with Crippen molar-refractivity contribution < 1.29 is 62.9 Å². The standard InChI is InChI=1S/C28H20F10O4/c1-2-5-25-11-39-28(40-12-25,41-13-25)15-8-21(32)24(22(33)9-15)27(37,38)42-16-3-4-17(18(29)10-16)14-6-19(30)23(20(31)7-14)26(34,35)36/h3-4,6-10H,2,5,11-13H2,1H3. The van der Waals surface area contributed by atoms with Crippen LogP contribution in [0.25, 0.3) is 11.1 Å². The molecule has 3 aromatic carbocycles. The molecule has 2 bridgehead atoms. The largest absolute Gasteiger partial charge is 0.432 e. The van der Waals surface area contributed by atoms with Crippen LogP contribution in [0.1, 0.15) is 36.5 Å². The van der Waals surface area contributed by atoms with Crippen molar-refractivity contribution in [2.24, 2.45) is 5.41 Å². The Morgan fingerprint density at radius 2 is 1.24 bits per heavy atom. The summed E-state index contributed by atoms with van der Waals surface area (Å²) in [6.45, 7) is 2.40. The molecule has 3 aliphatic heterocycles. The Balaban J connectivity index is 1.38. The van der Waals surface area contributed by atoms with E-state index in [0.29, 0.717) is 36.8 Å². The molecular formula is C28H20F10O4. The van der Waals surface area contributed by atoms with Gasteiger partial charge < -0.3 is 18.9 Å². The van der Waals surface area contributed by atoms with Gasteiger partial charge in [-0.05, 0) is 48.4 Å². The van der Waals surface area contributed by atoms with Crippen molar-refractivity contribution in [1.29, 1.82) is 0 Å². The summed E-state index contributed by atoms with van der Waals surface area (Å²) in [6.07, 6.45) is -8.57. The van der Waals surface area contributed by atoms with E-state index in [1.165, 1.54) is 0 Å². The van der Waals surface area contributed by atoms with E-state index in [1.54, 1.807) is 0 Å². The third-order valence-corrected chi connectivity index (χ3v) is 7.00. The average molecular weight is 610 g/mol. The summed E-state index contributed by atoms with van der Waals surface area (Å²) in [5.41, 5.74) is -6.15. The highest BCUT2D eigenvalue weighted by molar-refractivity contribution is 5.66. The number of hydrogen-bond acceptors (Lipinski definition) is 4. The van der Waals surface area contributed by atoms with Gasteiger partial charge in [0.25, 0.3) is 0 Å². The van der Waals surface area contributed by atoms with Crippen molar-refractivity contribution in [3.05, 3.63) is 88.2 Å². The lowest BCUT2D eigenvalue weighted by molar-refractivity contribution is -0.480. The van der Waals surface area contributed by atoms with Crippen LogP contribution in [0.5, 0.6) is 5.75 Å². The van der Waals surface area contributed by atoms with Crippen molar-refractivity contribution in [2.45, 2.75) is 38.0 Å². The topological polar surface area (TPSA) is 36.9 Å². The van der Waals surface area contributed by atoms with Crippen molar-refractivity contribution in [3.8, 4) is 16.9 Å². The van der Waals surface area contributed by atoms with Gasteiger partial charge in [0.05, 0.1) is 19.8 Å². The van der Waals surface area contributed by atoms with Crippen molar-refractivity contribution in [3.63, 3.8) is 0 Å². The molecule has 0 spiro atoms. The zero-order chi connectivity index (χ0) is 30.7. The van der Waals surface area contributed by atoms with Crippen LogP contribution in [0, 0.1) is 34.5 Å². The molecule has 3 aliphatic rings. The van der Waals surface area contributed by atoms with E-state index in [-0.39, 0.29) is 37.5 Å². The maximum absolute atomic E-state index is 15.0. The Bertz CT molecular complexity index is 1450. The second-order valence-corrected chi connectivity index (χ2v) is 10.1. The molecule has 0 aliphatic carbocycles. The molecular weight excluding hydrogens is 590 g/mol. The molecule has 0 N–H and O–H groups in total. The number of ether oxygens (including phenoxy) is 4. The monoisotopic (exact) mass is 610 g/mol. The molecule has 226 valence electrons. The number of hydrogen-bond donors (Lipinski definition) is 0. The van der Waals surface area contributed by atoms with Crippen LogP contribution in [0.15, 0.2) is 42.5 Å². The predicted octanol–water partition coefficient (Wildman–Crippen LogP) is 8.17. The van der Waals surface area contributed by atoms with E-state index < -0.39 is 80.8 Å². The van der Waals surface area contributed by atoms with E-state index in [2.05, 4.69) is 4.74 Å². The molecule has 3 fully saturated rings. The third kappa shape index (κ3) is 5.31. The lowest BCUT2D eigenvalue weighted by atomic mass is 9.83. The van der Waals surface area contributed by atoms with Gasteiger partial charge in [0.2, 0.25) is 0 Å². The Morgan fingerprint density at radius 1 is 0.714 bits per heavy atom. The fraction of sp³-hybridized carbons (Fsp3) is 0.357. The van der Waals surface area contributed by atoms with E-state index >= 15 is 0 Å². The minimum atomic E-state index is -5.36. The van der Waals surface area contributed by atoms with Gasteiger partial charge in [-0.15, -0.1) is 0 Å². The van der Waals surface area contributed by atoms with Gasteiger partial charge in [-0.3, -0.25) is 0 Å². The predicted molar refractivity (Wildman–Crippen MR) is 125 cm³/mol. The normalized spacial score (nSPS) is 22.5. The first kappa shape index (κ1) is 30.1. The first-order valence-electron chi connectivity index (χ1n) is 12.4. The van der Waals surface area contributed by atoms with Crippen LogP contribution in [0.4, 0.5) is 43.9 Å². The molecule has 0 amide bonds. The van der Waals surface area contributed by atoms with Gasteiger partial charge in [-0.1, -0.05) is 13.3 Å². The fourth-order valence-corrected chi connectivity index (χ4v) is 5.01. The van der Waals surface area contributed by atoms with Crippen molar-refractivity contribution >= 4 is 0 Å². The Morgan fingerprint density at radius 3 is 1.71 bits per heavy atom. The van der Waals surface area contributed by atoms with E-state index in [0.717, 1.165) is 6.42 Å². The summed E-state index contributed by atoms with van der Waals surface area (Å²) < 4.78 is 162. The van der Waals surface area contributed by atoms with Gasteiger partial charge in [0.1, 0.15) is 46.0 Å². The number of rotatable bonds is 7. The number of fused-ring (bicyclic) bond motifs is 3. The summed E-state index contributed by atoms with van der Waals surface area (Å²) in [7, 11) is 0. The van der Waals surface area contributed by atoms with Crippen molar-refractivity contribution in [1.82, 2.24) is 0 Å². The highest BCUT2D eigenvalue weighted by Crippen LogP contribution is 2.47. The maximum atomic E-state index is 15.0. The number of alkyl halides is 5. The average Bonchev–Trinajstić information content (AvgIpc) is 2.87. The molecule has 4 nitrogen and oxygen atoms in total. The summed E-state index contributed by atoms with van der Waals surface area (Å²) in [5.74, 6) is -12.0. The van der Waals surface area contributed by atoms with Crippen LogP contribution in [-0.2, 0) is 32.5 Å². The van der Waals surface area contributed by atoms with Gasteiger partial charge in [-0.2, -0.15) is 22.0 Å². The summed E-state index contributed by atoms with van der Waals surface area (Å²) >= 11 is 0. The SMILES string of the molecule is CCCC12COC(c3cc(F)c(C(F)(F)Oc4ccc(-c5cc(F)c(C(F)(F)F)c(F)c5)c(F)c4)c(F)c3)(OC1)OC2. The van der Waals surface area contributed by atoms with Gasteiger partial charge in [0.15, 0.2) is 0 Å². The highest BCUT2D eigenvalue weighted by atomic mass is 19.4. The van der Waals surface area contributed by atoms with Gasteiger partial charge in [-0.25, -0.2) is 22.0 Å². The quantitative estimate of drug-likeness (QED) is 0.253. The molecule has 0 atom stereocenters. The lowest BCUT2D eigenvalue weighted by Crippen LogP contribution is -2.58. The number of benzene rings is 3. The minimum Gasteiger partial charge on any atom is -0.429 e. The molecule has 3 heterocycles. The Labute approximate surface area is 231 Å². The summed E-state index contributed by atoms with van der Waals surface area (Å²) in [4.78, 5) is 0. The van der Waals surface area contributed by atoms with E-state index in [1.807, 2.05) is 6.92 Å². The fourth-order valence-electron chi connectivity index (χ4n) is 5.01.